The lowest BCUT2D eigenvalue weighted by molar-refractivity contribution is 1.11. The van der Waals surface area contributed by atoms with Crippen molar-refractivity contribution < 1.29 is 0 Å². The number of hydrogen-bond donors (Lipinski definition) is 0. The minimum atomic E-state index is 1.13. The summed E-state index contributed by atoms with van der Waals surface area (Å²) in [6.45, 7) is 0. The van der Waals surface area contributed by atoms with Crippen molar-refractivity contribution in [3.05, 3.63) is 206 Å². The SMILES string of the molecule is c1ccc(-n2c3ccccc3c3cc(-n4c5ccccc5c5ccccc54)cc(-n4c5ccccc5c5cc(-n6c7ccccc7c7ccccc76)ccc54)c32)cc1. The van der Waals surface area contributed by atoms with Gasteiger partial charge in [-0.25, -0.2) is 0 Å². The summed E-state index contributed by atoms with van der Waals surface area (Å²) in [6.07, 6.45) is 0. The molecule has 13 aromatic rings. The van der Waals surface area contributed by atoms with E-state index in [1.807, 2.05) is 0 Å². The van der Waals surface area contributed by atoms with Crippen molar-refractivity contribution in [3.8, 4) is 22.7 Å². The molecule has 0 saturated heterocycles. The third-order valence-corrected chi connectivity index (χ3v) is 12.3. The van der Waals surface area contributed by atoms with E-state index in [1.54, 1.807) is 0 Å². The fourth-order valence-electron chi connectivity index (χ4n) is 9.97. The smallest absolute Gasteiger partial charge is 0.0784 e. The summed E-state index contributed by atoms with van der Waals surface area (Å²) in [6, 6.07) is 75.6. The number of rotatable bonds is 4. The highest BCUT2D eigenvalue weighted by atomic mass is 15.1. The lowest BCUT2D eigenvalue weighted by atomic mass is 10.1. The average molecular weight is 739 g/mol. The van der Waals surface area contributed by atoms with Crippen molar-refractivity contribution >= 4 is 87.2 Å². The summed E-state index contributed by atoms with van der Waals surface area (Å²) in [5, 5.41) is 9.89. The van der Waals surface area contributed by atoms with Gasteiger partial charge in [-0.3, -0.25) is 0 Å². The monoisotopic (exact) mass is 738 g/mol. The topological polar surface area (TPSA) is 19.7 Å². The van der Waals surface area contributed by atoms with E-state index in [0.29, 0.717) is 0 Å². The van der Waals surface area contributed by atoms with E-state index in [0.717, 1.165) is 28.3 Å². The molecule has 0 aliphatic heterocycles. The van der Waals surface area contributed by atoms with Crippen LogP contribution in [-0.2, 0) is 0 Å². The first-order valence-electron chi connectivity index (χ1n) is 20.0. The molecule has 4 nitrogen and oxygen atoms in total. The lowest BCUT2D eigenvalue weighted by Gasteiger charge is -2.17. The molecule has 9 aromatic carbocycles. The van der Waals surface area contributed by atoms with E-state index >= 15 is 0 Å². The molecule has 0 unspecified atom stereocenters. The van der Waals surface area contributed by atoms with Gasteiger partial charge in [0.2, 0.25) is 0 Å². The van der Waals surface area contributed by atoms with E-state index in [-0.39, 0.29) is 0 Å². The normalized spacial score (nSPS) is 12.1. The molecule has 4 heteroatoms. The first-order chi connectivity index (χ1) is 28.8. The summed E-state index contributed by atoms with van der Waals surface area (Å²) in [5.74, 6) is 0. The summed E-state index contributed by atoms with van der Waals surface area (Å²) >= 11 is 0. The number of nitrogens with zero attached hydrogens (tertiary/aromatic N) is 4. The van der Waals surface area contributed by atoms with Crippen LogP contribution in [0.25, 0.3) is 110 Å². The Morgan fingerprint density at radius 1 is 0.207 bits per heavy atom. The zero-order chi connectivity index (χ0) is 37.9. The van der Waals surface area contributed by atoms with Crippen LogP contribution in [0.3, 0.4) is 0 Å². The highest BCUT2D eigenvalue weighted by Crippen LogP contribution is 2.43. The highest BCUT2D eigenvalue weighted by molar-refractivity contribution is 6.17. The number of benzene rings is 9. The molecule has 4 heterocycles. The number of hydrogen-bond acceptors (Lipinski definition) is 0. The largest absolute Gasteiger partial charge is 0.309 e. The van der Waals surface area contributed by atoms with Crippen molar-refractivity contribution in [1.82, 2.24) is 18.3 Å². The predicted molar refractivity (Wildman–Crippen MR) is 244 cm³/mol. The van der Waals surface area contributed by atoms with E-state index in [1.165, 1.54) is 81.7 Å². The van der Waals surface area contributed by atoms with Crippen LogP contribution in [0.15, 0.2) is 206 Å². The average Bonchev–Trinajstić information content (AvgIpc) is 4.01. The van der Waals surface area contributed by atoms with Crippen LogP contribution in [-0.4, -0.2) is 18.3 Å². The molecule has 0 amide bonds. The maximum Gasteiger partial charge on any atom is 0.0784 e. The predicted octanol–water partition coefficient (Wildman–Crippen LogP) is 14.1. The quantitative estimate of drug-likeness (QED) is 0.171. The molecular formula is C54H34N4. The zero-order valence-corrected chi connectivity index (χ0v) is 31.4. The Labute approximate surface area is 333 Å². The van der Waals surface area contributed by atoms with Crippen molar-refractivity contribution in [3.63, 3.8) is 0 Å². The van der Waals surface area contributed by atoms with E-state index in [9.17, 15) is 0 Å². The molecule has 13 rings (SSSR count). The van der Waals surface area contributed by atoms with Crippen molar-refractivity contribution in [2.75, 3.05) is 0 Å². The van der Waals surface area contributed by atoms with Crippen LogP contribution in [0, 0.1) is 0 Å². The Balaban J connectivity index is 1.19. The van der Waals surface area contributed by atoms with Gasteiger partial charge in [0.15, 0.2) is 0 Å². The Hall–Kier alpha value is -7.82. The zero-order valence-electron chi connectivity index (χ0n) is 31.4. The van der Waals surface area contributed by atoms with Crippen molar-refractivity contribution in [1.29, 1.82) is 0 Å². The Bertz CT molecular complexity index is 3690. The fourth-order valence-corrected chi connectivity index (χ4v) is 9.97. The summed E-state index contributed by atoms with van der Waals surface area (Å²) in [4.78, 5) is 0. The molecule has 4 aromatic heterocycles. The van der Waals surface area contributed by atoms with Crippen LogP contribution in [0.4, 0.5) is 0 Å². The molecule has 0 fully saturated rings. The Morgan fingerprint density at radius 2 is 0.569 bits per heavy atom. The Kier molecular flexibility index (Phi) is 6.41. The minimum Gasteiger partial charge on any atom is -0.309 e. The summed E-state index contributed by atoms with van der Waals surface area (Å²) in [7, 11) is 0. The molecule has 0 aliphatic rings. The molecule has 0 saturated carbocycles. The minimum absolute atomic E-state index is 1.13. The van der Waals surface area contributed by atoms with Gasteiger partial charge >= 0.3 is 0 Å². The second kappa shape index (κ2) is 11.8. The van der Waals surface area contributed by atoms with Crippen LogP contribution in [0.2, 0.25) is 0 Å². The van der Waals surface area contributed by atoms with Gasteiger partial charge in [-0.15, -0.1) is 0 Å². The molecule has 0 radical (unpaired) electrons. The van der Waals surface area contributed by atoms with Gasteiger partial charge in [0.25, 0.3) is 0 Å². The number of fused-ring (bicyclic) bond motifs is 12. The fraction of sp³-hybridized carbons (Fsp3) is 0. The lowest BCUT2D eigenvalue weighted by Crippen LogP contribution is -2.03. The Morgan fingerprint density at radius 3 is 1.09 bits per heavy atom. The first kappa shape index (κ1) is 31.4. The van der Waals surface area contributed by atoms with Gasteiger partial charge in [-0.05, 0) is 78.9 Å². The molecule has 0 bridgehead atoms. The number of aromatic nitrogens is 4. The van der Waals surface area contributed by atoms with Gasteiger partial charge in [-0.1, -0.05) is 127 Å². The second-order valence-corrected chi connectivity index (χ2v) is 15.3. The van der Waals surface area contributed by atoms with Crippen molar-refractivity contribution in [2.24, 2.45) is 0 Å². The molecule has 0 N–H and O–H groups in total. The van der Waals surface area contributed by atoms with Gasteiger partial charge in [0, 0.05) is 60.2 Å². The maximum absolute atomic E-state index is 2.51. The molecule has 0 aliphatic carbocycles. The van der Waals surface area contributed by atoms with Crippen LogP contribution < -0.4 is 0 Å². The standard InChI is InChI=1S/C54H34N4/c1-2-16-35(17-3-1)57-50-28-14-9-23-43(50)45-33-37(56-48-26-12-6-20-40(48)41-21-7-13-27-49(41)56)34-53(54(45)57)58-51-29-15-8-22-42(51)44-32-36(30-31-52(44)58)55-46-24-10-4-18-38(46)39-19-5-11-25-47(39)55/h1-34H. The highest BCUT2D eigenvalue weighted by Gasteiger charge is 2.23. The van der Waals surface area contributed by atoms with Crippen molar-refractivity contribution in [2.45, 2.75) is 0 Å². The summed E-state index contributed by atoms with van der Waals surface area (Å²) in [5.41, 5.74) is 14.0. The van der Waals surface area contributed by atoms with Gasteiger partial charge in [0.05, 0.1) is 49.8 Å². The third kappa shape index (κ3) is 4.23. The van der Waals surface area contributed by atoms with Gasteiger partial charge in [0.1, 0.15) is 0 Å². The summed E-state index contributed by atoms with van der Waals surface area (Å²) < 4.78 is 9.85. The molecular weight excluding hydrogens is 705 g/mol. The van der Waals surface area contributed by atoms with Crippen LogP contribution >= 0.6 is 0 Å². The first-order valence-corrected chi connectivity index (χ1v) is 20.0. The molecule has 0 atom stereocenters. The molecule has 0 spiro atoms. The third-order valence-electron chi connectivity index (χ3n) is 12.3. The van der Waals surface area contributed by atoms with Gasteiger partial charge < -0.3 is 18.3 Å². The second-order valence-electron chi connectivity index (χ2n) is 15.3. The maximum atomic E-state index is 2.51. The van der Waals surface area contributed by atoms with E-state index in [4.69, 9.17) is 0 Å². The van der Waals surface area contributed by atoms with E-state index in [2.05, 4.69) is 225 Å². The molecule has 58 heavy (non-hydrogen) atoms. The van der Waals surface area contributed by atoms with Crippen LogP contribution in [0.1, 0.15) is 0 Å². The number of para-hydroxylation sites is 7. The van der Waals surface area contributed by atoms with E-state index < -0.39 is 0 Å². The van der Waals surface area contributed by atoms with Gasteiger partial charge in [-0.2, -0.15) is 0 Å². The molecule has 270 valence electrons. The van der Waals surface area contributed by atoms with Crippen LogP contribution in [0.5, 0.6) is 0 Å².